The Morgan fingerprint density at radius 3 is 2.87 bits per heavy atom. The van der Waals surface area contributed by atoms with Crippen molar-refractivity contribution in [3.05, 3.63) is 35.2 Å². The summed E-state index contributed by atoms with van der Waals surface area (Å²) in [5.74, 6) is 0. The van der Waals surface area contributed by atoms with E-state index in [4.69, 9.17) is 5.73 Å². The van der Waals surface area contributed by atoms with Gasteiger partial charge in [-0.2, -0.15) is 12.6 Å². The molecule has 1 heterocycles. The van der Waals surface area contributed by atoms with Crippen molar-refractivity contribution in [2.75, 3.05) is 5.73 Å². The highest BCUT2D eigenvalue weighted by Gasteiger charge is 2.05. The fourth-order valence-electron chi connectivity index (χ4n) is 1.38. The smallest absolute Gasteiger partial charge is 0.180 e. The van der Waals surface area contributed by atoms with Crippen molar-refractivity contribution in [3.8, 4) is 11.3 Å². The molecule has 0 aliphatic heterocycles. The van der Waals surface area contributed by atoms with Gasteiger partial charge < -0.3 is 5.73 Å². The molecule has 0 saturated heterocycles. The van der Waals surface area contributed by atoms with Crippen LogP contribution in [0, 0.1) is 0 Å². The minimum absolute atomic E-state index is 0.237. The molecule has 0 amide bonds. The molecule has 0 bridgehead atoms. The molecule has 2 rings (SSSR count). The highest BCUT2D eigenvalue weighted by molar-refractivity contribution is 7.80. The van der Waals surface area contributed by atoms with Gasteiger partial charge in [-0.25, -0.2) is 4.98 Å². The summed E-state index contributed by atoms with van der Waals surface area (Å²) in [4.78, 5) is 4.25. The van der Waals surface area contributed by atoms with Gasteiger partial charge in [0.2, 0.25) is 0 Å². The Morgan fingerprint density at radius 2 is 2.27 bits per heavy atom. The van der Waals surface area contributed by atoms with Crippen LogP contribution in [0.1, 0.15) is 17.7 Å². The topological polar surface area (TPSA) is 38.9 Å². The minimum atomic E-state index is 0.237. The summed E-state index contributed by atoms with van der Waals surface area (Å²) >= 11 is 5.87. The molecule has 0 aliphatic carbocycles. The Hall–Kier alpha value is -1.00. The normalized spacial score (nSPS) is 12.7. The van der Waals surface area contributed by atoms with Gasteiger partial charge in [-0.15, -0.1) is 11.3 Å². The number of nitrogens with two attached hydrogens (primary N) is 1. The summed E-state index contributed by atoms with van der Waals surface area (Å²) in [6.45, 7) is 2.05. The van der Waals surface area contributed by atoms with Crippen LogP contribution in [-0.4, -0.2) is 4.98 Å². The summed E-state index contributed by atoms with van der Waals surface area (Å²) in [5, 5.41) is 2.81. The number of hydrogen-bond acceptors (Lipinski definition) is 4. The van der Waals surface area contributed by atoms with E-state index >= 15 is 0 Å². The van der Waals surface area contributed by atoms with Crippen molar-refractivity contribution in [3.63, 3.8) is 0 Å². The zero-order valence-corrected chi connectivity index (χ0v) is 10.1. The Kier molecular flexibility index (Phi) is 2.98. The summed E-state index contributed by atoms with van der Waals surface area (Å²) in [7, 11) is 0. The molecule has 4 heteroatoms. The molecule has 15 heavy (non-hydrogen) atoms. The highest BCUT2D eigenvalue weighted by atomic mass is 32.1. The summed E-state index contributed by atoms with van der Waals surface area (Å²) in [5.41, 5.74) is 8.84. The fraction of sp³-hybridized carbons (Fsp3) is 0.182. The lowest BCUT2D eigenvalue weighted by atomic mass is 10.1. The number of aromatic nitrogens is 1. The quantitative estimate of drug-likeness (QED) is 0.785. The van der Waals surface area contributed by atoms with Crippen molar-refractivity contribution in [2.45, 2.75) is 12.2 Å². The number of benzene rings is 1. The van der Waals surface area contributed by atoms with Gasteiger partial charge >= 0.3 is 0 Å². The van der Waals surface area contributed by atoms with E-state index in [-0.39, 0.29) is 5.25 Å². The fourth-order valence-corrected chi connectivity index (χ4v) is 2.11. The first-order valence-electron chi connectivity index (χ1n) is 4.66. The zero-order valence-electron chi connectivity index (χ0n) is 8.34. The van der Waals surface area contributed by atoms with Crippen LogP contribution in [-0.2, 0) is 0 Å². The predicted octanol–water partition coefficient (Wildman–Crippen LogP) is 3.38. The molecule has 2 aromatic rings. The second-order valence-electron chi connectivity index (χ2n) is 3.37. The average Bonchev–Trinajstić information content (AvgIpc) is 2.65. The Bertz CT molecular complexity index is 463. The number of nitrogen functional groups attached to an aromatic ring is 1. The highest BCUT2D eigenvalue weighted by Crippen LogP contribution is 2.27. The molecule has 2 nitrogen and oxygen atoms in total. The third kappa shape index (κ3) is 2.33. The minimum Gasteiger partial charge on any atom is -0.375 e. The maximum Gasteiger partial charge on any atom is 0.180 e. The Morgan fingerprint density at radius 1 is 1.47 bits per heavy atom. The molecule has 1 aromatic heterocycles. The van der Waals surface area contributed by atoms with Crippen LogP contribution < -0.4 is 5.73 Å². The van der Waals surface area contributed by atoms with Crippen molar-refractivity contribution >= 4 is 29.1 Å². The molecule has 78 valence electrons. The predicted molar refractivity (Wildman–Crippen MR) is 69.4 cm³/mol. The number of nitrogens with zero attached hydrogens (tertiary/aromatic N) is 1. The van der Waals surface area contributed by atoms with E-state index in [0.29, 0.717) is 5.13 Å². The first-order valence-corrected chi connectivity index (χ1v) is 6.06. The number of rotatable bonds is 2. The van der Waals surface area contributed by atoms with Crippen LogP contribution in [0.2, 0.25) is 0 Å². The lowest BCUT2D eigenvalue weighted by Crippen LogP contribution is -1.87. The molecule has 0 fully saturated rings. The second kappa shape index (κ2) is 4.24. The molecule has 0 radical (unpaired) electrons. The number of anilines is 1. The monoisotopic (exact) mass is 236 g/mol. The van der Waals surface area contributed by atoms with Crippen molar-refractivity contribution < 1.29 is 0 Å². The van der Waals surface area contributed by atoms with Crippen LogP contribution in [0.5, 0.6) is 0 Å². The molecule has 0 aliphatic rings. The zero-order chi connectivity index (χ0) is 10.8. The van der Waals surface area contributed by atoms with Gasteiger partial charge in [0.1, 0.15) is 0 Å². The van der Waals surface area contributed by atoms with E-state index in [1.807, 2.05) is 17.5 Å². The molecule has 0 spiro atoms. The summed E-state index contributed by atoms with van der Waals surface area (Å²) in [6, 6.07) is 8.23. The first-order chi connectivity index (χ1) is 7.16. The largest absolute Gasteiger partial charge is 0.375 e. The van der Waals surface area contributed by atoms with E-state index in [1.165, 1.54) is 16.9 Å². The van der Waals surface area contributed by atoms with Gasteiger partial charge in [0.25, 0.3) is 0 Å². The van der Waals surface area contributed by atoms with Gasteiger partial charge in [-0.1, -0.05) is 18.2 Å². The van der Waals surface area contributed by atoms with Crippen molar-refractivity contribution in [1.29, 1.82) is 0 Å². The van der Waals surface area contributed by atoms with Gasteiger partial charge in [-0.05, 0) is 18.6 Å². The van der Waals surface area contributed by atoms with Crippen LogP contribution in [0.4, 0.5) is 5.13 Å². The third-order valence-corrected chi connectivity index (χ3v) is 3.16. The van der Waals surface area contributed by atoms with Crippen LogP contribution in [0.3, 0.4) is 0 Å². The molecule has 2 N–H and O–H groups in total. The van der Waals surface area contributed by atoms with Crippen molar-refractivity contribution in [1.82, 2.24) is 4.98 Å². The van der Waals surface area contributed by atoms with E-state index in [0.717, 1.165) is 11.3 Å². The Balaban J connectivity index is 2.41. The van der Waals surface area contributed by atoms with E-state index in [1.54, 1.807) is 0 Å². The number of hydrogen-bond donors (Lipinski definition) is 2. The van der Waals surface area contributed by atoms with Gasteiger partial charge in [-0.3, -0.25) is 0 Å². The Labute approximate surface area is 98.6 Å². The third-order valence-electron chi connectivity index (χ3n) is 2.19. The second-order valence-corrected chi connectivity index (χ2v) is 5.04. The van der Waals surface area contributed by atoms with Crippen LogP contribution in [0.15, 0.2) is 29.6 Å². The van der Waals surface area contributed by atoms with E-state index in [2.05, 4.69) is 36.7 Å². The van der Waals surface area contributed by atoms with Crippen LogP contribution in [0.25, 0.3) is 11.3 Å². The molecular formula is C11H12N2S2. The van der Waals surface area contributed by atoms with Gasteiger partial charge in [0.05, 0.1) is 5.69 Å². The summed E-state index contributed by atoms with van der Waals surface area (Å²) < 4.78 is 0. The number of thiazole rings is 1. The lowest BCUT2D eigenvalue weighted by Gasteiger charge is -2.05. The van der Waals surface area contributed by atoms with E-state index in [9.17, 15) is 0 Å². The molecular weight excluding hydrogens is 224 g/mol. The van der Waals surface area contributed by atoms with Gasteiger partial charge in [0.15, 0.2) is 5.13 Å². The first kappa shape index (κ1) is 10.5. The number of thiol groups is 1. The standard InChI is InChI=1S/C11H12N2S2/c1-7(14)8-3-2-4-9(5-8)10-6-15-11(12)13-10/h2-7,14H,1H3,(H2,12,13). The maximum absolute atomic E-state index is 5.61. The SMILES string of the molecule is CC(S)c1cccc(-c2csc(N)n2)c1. The summed E-state index contributed by atoms with van der Waals surface area (Å²) in [6.07, 6.45) is 0. The van der Waals surface area contributed by atoms with Crippen LogP contribution >= 0.6 is 24.0 Å². The lowest BCUT2D eigenvalue weighted by molar-refractivity contribution is 1.11. The average molecular weight is 236 g/mol. The molecule has 0 saturated carbocycles. The maximum atomic E-state index is 5.61. The van der Waals surface area contributed by atoms with Crippen molar-refractivity contribution in [2.24, 2.45) is 0 Å². The van der Waals surface area contributed by atoms with Gasteiger partial charge in [0, 0.05) is 16.2 Å². The molecule has 1 atom stereocenters. The molecule has 1 unspecified atom stereocenters. The molecule has 1 aromatic carbocycles. The van der Waals surface area contributed by atoms with E-state index < -0.39 is 0 Å².